The van der Waals surface area contributed by atoms with E-state index >= 15 is 0 Å². The van der Waals surface area contributed by atoms with Crippen molar-refractivity contribution < 1.29 is 30.7 Å². The first-order chi connectivity index (χ1) is 13.5. The minimum atomic E-state index is -4.43. The number of alkyl halides is 3. The van der Waals surface area contributed by atoms with Crippen LogP contribution in [-0.2, 0) is 0 Å². The quantitative estimate of drug-likeness (QED) is 0.380. The van der Waals surface area contributed by atoms with Gasteiger partial charge in [0.15, 0.2) is 28.4 Å². The number of nitrogens with zero attached hydrogens (tertiary/aromatic N) is 1. The maximum absolute atomic E-state index is 14.5. The lowest BCUT2D eigenvalue weighted by Crippen LogP contribution is -2.22. The van der Waals surface area contributed by atoms with Gasteiger partial charge in [0.2, 0.25) is 0 Å². The summed E-state index contributed by atoms with van der Waals surface area (Å²) in [6.07, 6.45) is -1.68. The van der Waals surface area contributed by atoms with Gasteiger partial charge in [0.25, 0.3) is 0 Å². The number of anilines is 2. The van der Waals surface area contributed by atoms with E-state index in [1.54, 1.807) is 0 Å². The number of rotatable bonds is 4. The molecule has 2 unspecified atom stereocenters. The van der Waals surface area contributed by atoms with E-state index in [1.807, 2.05) is 0 Å². The number of thiazole rings is 1. The van der Waals surface area contributed by atoms with E-state index < -0.39 is 52.5 Å². The largest absolute Gasteiger partial charge is 0.395 e. The predicted molar refractivity (Wildman–Crippen MR) is 95.1 cm³/mol. The van der Waals surface area contributed by atoms with Crippen molar-refractivity contribution in [2.75, 3.05) is 11.5 Å². The van der Waals surface area contributed by atoms with Gasteiger partial charge < -0.3 is 11.5 Å². The van der Waals surface area contributed by atoms with Gasteiger partial charge in [-0.2, -0.15) is 13.2 Å². The number of benzene rings is 1. The van der Waals surface area contributed by atoms with E-state index in [9.17, 15) is 30.7 Å². The Hall–Kier alpha value is -2.56. The van der Waals surface area contributed by atoms with Crippen LogP contribution in [0.25, 0.3) is 0 Å². The molecule has 0 saturated heterocycles. The summed E-state index contributed by atoms with van der Waals surface area (Å²) in [5, 5.41) is 1.41. The molecule has 0 radical (unpaired) electrons. The second-order valence-electron chi connectivity index (χ2n) is 6.47. The van der Waals surface area contributed by atoms with Crippen LogP contribution in [0.4, 0.5) is 41.6 Å². The standard InChI is InChI=1S/C18H14F7N3S/c19-12-11(13(20)15(22)16(26)14(12)21)9(10-6-29-17(27)28-10)5-7-1-3-8(4-2-7)18(23,24)25/h1-3,6,8-9H,4-5,26H2,(H2,27,28). The van der Waals surface area contributed by atoms with Crippen molar-refractivity contribution in [3.63, 3.8) is 0 Å². The molecular formula is C18H14F7N3S. The van der Waals surface area contributed by atoms with E-state index in [4.69, 9.17) is 11.5 Å². The Labute approximate surface area is 164 Å². The first-order valence-corrected chi connectivity index (χ1v) is 9.14. The van der Waals surface area contributed by atoms with Gasteiger partial charge in [-0.15, -0.1) is 11.3 Å². The summed E-state index contributed by atoms with van der Waals surface area (Å²) < 4.78 is 95.4. The zero-order valence-electron chi connectivity index (χ0n) is 14.5. The lowest BCUT2D eigenvalue weighted by molar-refractivity contribution is -0.160. The summed E-state index contributed by atoms with van der Waals surface area (Å²) in [5.41, 5.74) is 8.67. The molecule has 1 aliphatic rings. The van der Waals surface area contributed by atoms with Gasteiger partial charge in [-0.3, -0.25) is 0 Å². The molecule has 1 aromatic carbocycles. The van der Waals surface area contributed by atoms with Gasteiger partial charge in [0, 0.05) is 16.9 Å². The van der Waals surface area contributed by atoms with Gasteiger partial charge in [-0.1, -0.05) is 23.8 Å². The minimum Gasteiger partial charge on any atom is -0.394 e. The number of allylic oxidation sites excluding steroid dienone is 4. The molecule has 11 heteroatoms. The zero-order valence-corrected chi connectivity index (χ0v) is 15.4. The molecule has 1 aromatic heterocycles. The molecule has 0 fully saturated rings. The van der Waals surface area contributed by atoms with Gasteiger partial charge in [0.1, 0.15) is 5.69 Å². The Kier molecular flexibility index (Phi) is 5.61. The smallest absolute Gasteiger partial charge is 0.394 e. The Balaban J connectivity index is 2.03. The SMILES string of the molecule is Nc1nc(C(CC2=CCC(C(F)(F)F)C=C2)c2c(F)c(F)c(N)c(F)c2F)cs1. The van der Waals surface area contributed by atoms with Crippen LogP contribution in [0.5, 0.6) is 0 Å². The average Bonchev–Trinajstić information content (AvgIpc) is 3.10. The van der Waals surface area contributed by atoms with Crippen LogP contribution in [0.3, 0.4) is 0 Å². The van der Waals surface area contributed by atoms with E-state index in [0.717, 1.165) is 17.4 Å². The minimum absolute atomic E-state index is 0.0288. The molecule has 3 nitrogen and oxygen atoms in total. The second-order valence-corrected chi connectivity index (χ2v) is 7.36. The number of hydrogen-bond acceptors (Lipinski definition) is 4. The topological polar surface area (TPSA) is 64.9 Å². The molecular weight excluding hydrogens is 423 g/mol. The average molecular weight is 437 g/mol. The fourth-order valence-corrected chi connectivity index (χ4v) is 3.70. The molecule has 3 rings (SSSR count). The molecule has 2 atom stereocenters. The third kappa shape index (κ3) is 4.09. The molecule has 0 bridgehead atoms. The van der Waals surface area contributed by atoms with Crippen LogP contribution in [0.15, 0.2) is 29.2 Å². The summed E-state index contributed by atoms with van der Waals surface area (Å²) >= 11 is 0.940. The highest BCUT2D eigenvalue weighted by Crippen LogP contribution is 2.40. The maximum atomic E-state index is 14.5. The number of aromatic nitrogens is 1. The van der Waals surface area contributed by atoms with Crippen LogP contribution in [-0.4, -0.2) is 11.2 Å². The maximum Gasteiger partial charge on any atom is 0.395 e. The fourth-order valence-electron chi connectivity index (χ4n) is 3.08. The van der Waals surface area contributed by atoms with Gasteiger partial charge in [0.05, 0.1) is 11.6 Å². The van der Waals surface area contributed by atoms with E-state index in [0.29, 0.717) is 5.57 Å². The van der Waals surface area contributed by atoms with Crippen molar-refractivity contribution in [3.05, 3.63) is 63.7 Å². The van der Waals surface area contributed by atoms with E-state index in [1.165, 1.54) is 17.5 Å². The van der Waals surface area contributed by atoms with Gasteiger partial charge in [-0.05, 0) is 12.8 Å². The Morgan fingerprint density at radius 2 is 1.69 bits per heavy atom. The van der Waals surface area contributed by atoms with Crippen molar-refractivity contribution >= 4 is 22.2 Å². The Bertz CT molecular complexity index is 965. The number of nitrogen functional groups attached to an aromatic ring is 2. The highest BCUT2D eigenvalue weighted by Gasteiger charge is 2.38. The Morgan fingerprint density at radius 3 is 2.14 bits per heavy atom. The summed E-state index contributed by atoms with van der Waals surface area (Å²) in [6.45, 7) is 0. The molecule has 0 amide bonds. The van der Waals surface area contributed by atoms with Gasteiger partial charge in [-0.25, -0.2) is 22.5 Å². The molecule has 29 heavy (non-hydrogen) atoms. The lowest BCUT2D eigenvalue weighted by atomic mass is 9.85. The van der Waals surface area contributed by atoms with Gasteiger partial charge >= 0.3 is 6.18 Å². The highest BCUT2D eigenvalue weighted by molar-refractivity contribution is 7.13. The Morgan fingerprint density at radius 1 is 1.07 bits per heavy atom. The molecule has 0 saturated carbocycles. The van der Waals surface area contributed by atoms with Crippen LogP contribution in [0.1, 0.15) is 30.0 Å². The zero-order chi connectivity index (χ0) is 21.5. The normalized spacial score (nSPS) is 18.0. The second kappa shape index (κ2) is 7.69. The fraction of sp³-hybridized carbons (Fsp3) is 0.278. The van der Waals surface area contributed by atoms with E-state index in [-0.39, 0.29) is 23.7 Å². The number of halogens is 7. The summed E-state index contributed by atoms with van der Waals surface area (Å²) in [7, 11) is 0. The van der Waals surface area contributed by atoms with E-state index in [2.05, 4.69) is 4.98 Å². The van der Waals surface area contributed by atoms with Crippen molar-refractivity contribution in [1.82, 2.24) is 4.98 Å². The monoisotopic (exact) mass is 437 g/mol. The highest BCUT2D eigenvalue weighted by atomic mass is 32.1. The molecule has 0 aliphatic heterocycles. The van der Waals surface area contributed by atoms with Crippen LogP contribution >= 0.6 is 11.3 Å². The summed E-state index contributed by atoms with van der Waals surface area (Å²) in [6, 6.07) is 0. The molecule has 156 valence electrons. The first-order valence-electron chi connectivity index (χ1n) is 8.26. The van der Waals surface area contributed by atoms with Crippen molar-refractivity contribution in [3.8, 4) is 0 Å². The number of hydrogen-bond donors (Lipinski definition) is 2. The lowest BCUT2D eigenvalue weighted by Gasteiger charge is -2.22. The van der Waals surface area contributed by atoms with Crippen molar-refractivity contribution in [2.24, 2.45) is 5.92 Å². The summed E-state index contributed by atoms with van der Waals surface area (Å²) in [5.74, 6) is -9.89. The molecule has 1 heterocycles. The first kappa shape index (κ1) is 21.2. The molecule has 2 aromatic rings. The molecule has 0 spiro atoms. The van der Waals surface area contributed by atoms with Crippen LogP contribution < -0.4 is 11.5 Å². The summed E-state index contributed by atoms with van der Waals surface area (Å²) in [4.78, 5) is 3.93. The van der Waals surface area contributed by atoms with Crippen molar-refractivity contribution in [1.29, 1.82) is 0 Å². The predicted octanol–water partition coefficient (Wildman–Crippen LogP) is 5.45. The third-order valence-electron chi connectivity index (χ3n) is 4.61. The third-order valence-corrected chi connectivity index (χ3v) is 5.31. The molecule has 4 N–H and O–H groups in total. The molecule has 1 aliphatic carbocycles. The number of nitrogens with two attached hydrogens (primary N) is 2. The van der Waals surface area contributed by atoms with Crippen LogP contribution in [0.2, 0.25) is 0 Å². The van der Waals surface area contributed by atoms with Crippen LogP contribution in [0, 0.1) is 29.2 Å². The van der Waals surface area contributed by atoms with Crippen molar-refractivity contribution in [2.45, 2.75) is 24.9 Å².